The highest BCUT2D eigenvalue weighted by atomic mass is 16.5. The van der Waals surface area contributed by atoms with Crippen molar-refractivity contribution in [3.63, 3.8) is 0 Å². The Hall–Kier alpha value is -1.49. The fourth-order valence-electron chi connectivity index (χ4n) is 1.55. The molecule has 1 atom stereocenters. The van der Waals surface area contributed by atoms with Gasteiger partial charge in [0.05, 0.1) is 0 Å². The van der Waals surface area contributed by atoms with Gasteiger partial charge in [0.25, 0.3) is 0 Å². The van der Waals surface area contributed by atoms with E-state index >= 15 is 0 Å². The van der Waals surface area contributed by atoms with Crippen LogP contribution in [0.25, 0.3) is 0 Å². The number of aryl methyl sites for hydroxylation is 1. The molecule has 0 N–H and O–H groups in total. The van der Waals surface area contributed by atoms with E-state index in [4.69, 9.17) is 10.00 Å². The molecule has 0 bridgehead atoms. The molecule has 0 heterocycles. The van der Waals surface area contributed by atoms with Crippen molar-refractivity contribution in [2.24, 2.45) is 0 Å². The van der Waals surface area contributed by atoms with Crippen molar-refractivity contribution >= 4 is 0 Å². The van der Waals surface area contributed by atoms with Crippen LogP contribution in [0.15, 0.2) is 18.2 Å². The highest BCUT2D eigenvalue weighted by Crippen LogP contribution is 2.32. The minimum absolute atomic E-state index is 0.0243. The standard InChI is InChI=1S/C14H19NO/c1-10-6-7-13(16-11(2)9-15)12(8-10)14(3,4)5/h6-8,11H,1-5H3. The van der Waals surface area contributed by atoms with E-state index in [2.05, 4.69) is 39.8 Å². The van der Waals surface area contributed by atoms with Gasteiger partial charge in [0.1, 0.15) is 11.8 Å². The van der Waals surface area contributed by atoms with Crippen LogP contribution in [0.3, 0.4) is 0 Å². The fourth-order valence-corrected chi connectivity index (χ4v) is 1.55. The molecule has 1 unspecified atom stereocenters. The Kier molecular flexibility index (Phi) is 3.59. The number of nitriles is 1. The van der Waals surface area contributed by atoms with Crippen LogP contribution in [-0.2, 0) is 5.41 Å². The summed E-state index contributed by atoms with van der Waals surface area (Å²) in [5.74, 6) is 0.812. The third-order valence-corrected chi connectivity index (χ3v) is 2.43. The van der Waals surface area contributed by atoms with Gasteiger partial charge in [-0.3, -0.25) is 0 Å². The van der Waals surface area contributed by atoms with E-state index in [9.17, 15) is 0 Å². The average molecular weight is 217 g/mol. The van der Waals surface area contributed by atoms with Crippen LogP contribution >= 0.6 is 0 Å². The minimum atomic E-state index is -0.413. The molecule has 0 spiro atoms. The first-order valence-electron chi connectivity index (χ1n) is 5.52. The molecule has 1 rings (SSSR count). The second kappa shape index (κ2) is 4.57. The van der Waals surface area contributed by atoms with E-state index in [0.29, 0.717) is 0 Å². The largest absolute Gasteiger partial charge is 0.476 e. The first-order chi connectivity index (χ1) is 7.34. The lowest BCUT2D eigenvalue weighted by atomic mass is 9.85. The van der Waals surface area contributed by atoms with Crippen molar-refractivity contribution in [1.29, 1.82) is 5.26 Å². The van der Waals surface area contributed by atoms with Gasteiger partial charge in [-0.25, -0.2) is 0 Å². The van der Waals surface area contributed by atoms with Gasteiger partial charge in [-0.1, -0.05) is 38.5 Å². The quantitative estimate of drug-likeness (QED) is 0.758. The summed E-state index contributed by atoms with van der Waals surface area (Å²) in [7, 11) is 0. The fraction of sp³-hybridized carbons (Fsp3) is 0.500. The van der Waals surface area contributed by atoms with Crippen LogP contribution in [0, 0.1) is 18.3 Å². The molecule has 86 valence electrons. The molecule has 0 saturated heterocycles. The third kappa shape index (κ3) is 3.00. The first kappa shape index (κ1) is 12.6. The van der Waals surface area contributed by atoms with Crippen molar-refractivity contribution in [2.45, 2.75) is 46.1 Å². The van der Waals surface area contributed by atoms with Gasteiger partial charge in [0.2, 0.25) is 0 Å². The molecule has 0 aliphatic carbocycles. The molecule has 0 saturated carbocycles. The number of benzene rings is 1. The second-order valence-corrected chi connectivity index (χ2v) is 5.14. The highest BCUT2D eigenvalue weighted by Gasteiger charge is 2.20. The molecule has 0 fully saturated rings. The SMILES string of the molecule is Cc1ccc(OC(C)C#N)c(C(C)(C)C)c1. The maximum Gasteiger partial charge on any atom is 0.181 e. The summed E-state index contributed by atoms with van der Waals surface area (Å²) in [6, 6.07) is 8.17. The van der Waals surface area contributed by atoms with E-state index < -0.39 is 6.10 Å². The maximum absolute atomic E-state index is 8.77. The Morgan fingerprint density at radius 1 is 1.31 bits per heavy atom. The van der Waals surface area contributed by atoms with Gasteiger partial charge < -0.3 is 4.74 Å². The van der Waals surface area contributed by atoms with E-state index in [1.165, 1.54) is 5.56 Å². The predicted octanol–water partition coefficient (Wildman–Crippen LogP) is 3.58. The summed E-state index contributed by atoms with van der Waals surface area (Å²) in [6.07, 6.45) is -0.413. The lowest BCUT2D eigenvalue weighted by molar-refractivity contribution is 0.269. The van der Waals surface area contributed by atoms with Crippen LogP contribution in [-0.4, -0.2) is 6.10 Å². The van der Waals surface area contributed by atoms with Crippen molar-refractivity contribution in [1.82, 2.24) is 0 Å². The topological polar surface area (TPSA) is 33.0 Å². The monoisotopic (exact) mass is 217 g/mol. The molecule has 2 nitrogen and oxygen atoms in total. The number of hydrogen-bond donors (Lipinski definition) is 0. The average Bonchev–Trinajstić information content (AvgIpc) is 2.19. The summed E-state index contributed by atoms with van der Waals surface area (Å²) < 4.78 is 5.62. The van der Waals surface area contributed by atoms with Crippen molar-refractivity contribution in [2.75, 3.05) is 0 Å². The molecular weight excluding hydrogens is 198 g/mol. The number of rotatable bonds is 2. The zero-order valence-electron chi connectivity index (χ0n) is 10.7. The Bertz CT molecular complexity index is 410. The molecule has 0 aliphatic rings. The maximum atomic E-state index is 8.77. The summed E-state index contributed by atoms with van der Waals surface area (Å²) in [5.41, 5.74) is 2.38. The van der Waals surface area contributed by atoms with E-state index in [1.807, 2.05) is 12.1 Å². The highest BCUT2D eigenvalue weighted by molar-refractivity contribution is 5.41. The number of ether oxygens (including phenoxy) is 1. The molecule has 1 aromatic rings. The van der Waals surface area contributed by atoms with Crippen LogP contribution in [0.1, 0.15) is 38.8 Å². The Labute approximate surface area is 97.9 Å². The molecule has 2 heteroatoms. The lowest BCUT2D eigenvalue weighted by Gasteiger charge is -2.24. The van der Waals surface area contributed by atoms with Gasteiger partial charge in [-0.05, 0) is 30.9 Å². The zero-order chi connectivity index (χ0) is 12.3. The second-order valence-electron chi connectivity index (χ2n) is 5.14. The Morgan fingerprint density at radius 2 is 1.94 bits per heavy atom. The molecule has 16 heavy (non-hydrogen) atoms. The third-order valence-electron chi connectivity index (χ3n) is 2.43. The van der Waals surface area contributed by atoms with Gasteiger partial charge >= 0.3 is 0 Å². The summed E-state index contributed by atoms with van der Waals surface area (Å²) in [5, 5.41) is 8.77. The van der Waals surface area contributed by atoms with Crippen LogP contribution in [0.2, 0.25) is 0 Å². The van der Waals surface area contributed by atoms with Crippen molar-refractivity contribution in [3.05, 3.63) is 29.3 Å². The van der Waals surface area contributed by atoms with Gasteiger partial charge in [-0.15, -0.1) is 0 Å². The molecule has 0 aromatic heterocycles. The minimum Gasteiger partial charge on any atom is -0.476 e. The smallest absolute Gasteiger partial charge is 0.181 e. The number of hydrogen-bond acceptors (Lipinski definition) is 2. The van der Waals surface area contributed by atoms with Crippen molar-refractivity contribution < 1.29 is 4.74 Å². The summed E-state index contributed by atoms with van der Waals surface area (Å²) in [4.78, 5) is 0. The Balaban J connectivity index is 3.14. The van der Waals surface area contributed by atoms with Crippen molar-refractivity contribution in [3.8, 4) is 11.8 Å². The Morgan fingerprint density at radius 3 is 2.44 bits per heavy atom. The predicted molar refractivity (Wildman–Crippen MR) is 65.6 cm³/mol. The van der Waals surface area contributed by atoms with E-state index in [0.717, 1.165) is 11.3 Å². The molecule has 0 amide bonds. The van der Waals surface area contributed by atoms with E-state index in [-0.39, 0.29) is 5.41 Å². The van der Waals surface area contributed by atoms with Crippen LogP contribution < -0.4 is 4.74 Å². The van der Waals surface area contributed by atoms with Gasteiger partial charge in [0, 0.05) is 0 Å². The molecular formula is C14H19NO. The first-order valence-corrected chi connectivity index (χ1v) is 5.52. The molecule has 1 aromatic carbocycles. The molecule has 0 radical (unpaired) electrons. The number of nitrogens with zero attached hydrogens (tertiary/aromatic N) is 1. The lowest BCUT2D eigenvalue weighted by Crippen LogP contribution is -2.17. The summed E-state index contributed by atoms with van der Waals surface area (Å²) >= 11 is 0. The zero-order valence-corrected chi connectivity index (χ0v) is 10.7. The molecule has 0 aliphatic heterocycles. The van der Waals surface area contributed by atoms with Crippen LogP contribution in [0.5, 0.6) is 5.75 Å². The summed E-state index contributed by atoms with van der Waals surface area (Å²) in [6.45, 7) is 10.3. The van der Waals surface area contributed by atoms with Crippen LogP contribution in [0.4, 0.5) is 0 Å². The van der Waals surface area contributed by atoms with E-state index in [1.54, 1.807) is 6.92 Å². The van der Waals surface area contributed by atoms with Gasteiger partial charge in [0.15, 0.2) is 6.10 Å². The normalized spacial score (nSPS) is 13.0. The van der Waals surface area contributed by atoms with Gasteiger partial charge in [-0.2, -0.15) is 5.26 Å².